The quantitative estimate of drug-likeness (QED) is 0.603. The molecule has 0 saturated carbocycles. The van der Waals surface area contributed by atoms with Crippen LogP contribution in [0.3, 0.4) is 0 Å². The summed E-state index contributed by atoms with van der Waals surface area (Å²) in [6.45, 7) is 4.68. The van der Waals surface area contributed by atoms with E-state index >= 15 is 0 Å². The molecule has 0 spiro atoms. The molecule has 0 atom stereocenters. The summed E-state index contributed by atoms with van der Waals surface area (Å²) in [5, 5.41) is 0. The Labute approximate surface area is 113 Å². The first-order valence-electron chi connectivity index (χ1n) is 5.67. The van der Waals surface area contributed by atoms with Gasteiger partial charge in [-0.05, 0) is 0 Å². The fourth-order valence-electron chi connectivity index (χ4n) is 2.83. The van der Waals surface area contributed by atoms with E-state index in [0.717, 1.165) is 0 Å². The number of rotatable bonds is 0. The molecule has 2 aromatic rings. The van der Waals surface area contributed by atoms with Gasteiger partial charge in [0.15, 0.2) is 0 Å². The molecule has 1 aliphatic rings. The molecule has 1 aliphatic carbocycles. The van der Waals surface area contributed by atoms with Gasteiger partial charge in [-0.2, -0.15) is 0 Å². The van der Waals surface area contributed by atoms with Gasteiger partial charge in [0.25, 0.3) is 0 Å². The monoisotopic (exact) mass is 395 g/mol. The molecule has 0 radical (unpaired) electrons. The van der Waals surface area contributed by atoms with E-state index < -0.39 is 0 Å². The third-order valence-corrected chi connectivity index (χ3v) is 5.98. The fraction of sp³-hybridized carbons (Fsp3) is 0.200. The third-order valence-electron chi connectivity index (χ3n) is 3.69. The first-order valence-corrected chi connectivity index (χ1v) is 8.42. The van der Waals surface area contributed by atoms with E-state index in [1.165, 1.54) is 22.3 Å². The molecule has 0 saturated heterocycles. The van der Waals surface area contributed by atoms with E-state index in [-0.39, 0.29) is 5.41 Å². The van der Waals surface area contributed by atoms with Crippen LogP contribution in [0, 0.1) is 0 Å². The maximum absolute atomic E-state index is 2.34. The van der Waals surface area contributed by atoms with E-state index in [9.17, 15) is 0 Å². The van der Waals surface area contributed by atoms with Crippen molar-refractivity contribution in [3.05, 3.63) is 53.6 Å². The summed E-state index contributed by atoms with van der Waals surface area (Å²) in [5.74, 6) is 0. The predicted octanol–water partition coefficient (Wildman–Crippen LogP) is 3.17. The summed E-state index contributed by atoms with van der Waals surface area (Å²) < 4.78 is 1.58. The molecule has 0 unspecified atom stereocenters. The van der Waals surface area contributed by atoms with Gasteiger partial charge in [-0.25, -0.2) is 0 Å². The van der Waals surface area contributed by atoms with E-state index in [1.807, 2.05) is 0 Å². The zero-order valence-electron chi connectivity index (χ0n) is 9.75. The molecule has 16 heavy (non-hydrogen) atoms. The van der Waals surface area contributed by atoms with Crippen molar-refractivity contribution in [3.63, 3.8) is 0 Å². The fourth-order valence-corrected chi connectivity index (χ4v) is 4.84. The van der Waals surface area contributed by atoms with Gasteiger partial charge in [-0.3, -0.25) is 0 Å². The van der Waals surface area contributed by atoms with Crippen molar-refractivity contribution in [1.29, 1.82) is 0 Å². The van der Waals surface area contributed by atoms with Gasteiger partial charge < -0.3 is 0 Å². The predicted molar refractivity (Wildman–Crippen MR) is 63.6 cm³/mol. The van der Waals surface area contributed by atoms with Crippen molar-refractivity contribution in [2.24, 2.45) is 0 Å². The van der Waals surface area contributed by atoms with Crippen LogP contribution in [0.5, 0.6) is 0 Å². The van der Waals surface area contributed by atoms with Crippen LogP contribution in [0.25, 0.3) is 11.1 Å². The molecular weight excluding hydrogens is 381 g/mol. The van der Waals surface area contributed by atoms with Crippen molar-refractivity contribution >= 4 is 3.07 Å². The first-order chi connectivity index (χ1) is 7.62. The Kier molecular flexibility index (Phi) is 2.26. The normalized spacial score (nSPS) is 15.8. The van der Waals surface area contributed by atoms with Gasteiger partial charge in [0.05, 0.1) is 0 Å². The van der Waals surface area contributed by atoms with Gasteiger partial charge in [0.1, 0.15) is 0 Å². The second-order valence-corrected chi connectivity index (χ2v) is 7.97. The zero-order valence-corrected chi connectivity index (χ0v) is 15.2. The molecule has 0 heterocycles. The molecular formula is C15H13Hg. The molecule has 1 heteroatoms. The number of hydrogen-bond acceptors (Lipinski definition) is 0. The molecule has 3 rings (SSSR count). The summed E-state index contributed by atoms with van der Waals surface area (Å²) in [5.41, 5.74) is 6.19. The van der Waals surface area contributed by atoms with Crippen LogP contribution in [-0.2, 0) is 31.5 Å². The van der Waals surface area contributed by atoms with Crippen LogP contribution < -0.4 is 3.07 Å². The third kappa shape index (κ3) is 1.26. The van der Waals surface area contributed by atoms with E-state index in [2.05, 4.69) is 56.3 Å². The maximum atomic E-state index is 2.34. The summed E-state index contributed by atoms with van der Waals surface area (Å²) in [7, 11) is 0. The zero-order chi connectivity index (χ0) is 11.3. The Hall–Kier alpha value is -0.625. The first kappa shape index (κ1) is 10.5. The molecule has 75 valence electrons. The number of fused-ring (bicyclic) bond motifs is 3. The van der Waals surface area contributed by atoms with E-state index in [0.29, 0.717) is 26.1 Å². The number of benzene rings is 2. The van der Waals surface area contributed by atoms with Crippen molar-refractivity contribution in [2.75, 3.05) is 0 Å². The Morgan fingerprint density at radius 1 is 0.875 bits per heavy atom. The van der Waals surface area contributed by atoms with Gasteiger partial charge >= 0.3 is 113 Å². The molecule has 2 aromatic carbocycles. The summed E-state index contributed by atoms with van der Waals surface area (Å²) in [4.78, 5) is 0. The topological polar surface area (TPSA) is 0 Å². The van der Waals surface area contributed by atoms with Crippen LogP contribution in [0.1, 0.15) is 25.0 Å². The molecule has 0 N–H and O–H groups in total. The van der Waals surface area contributed by atoms with Crippen LogP contribution in [0.4, 0.5) is 0 Å². The second kappa shape index (κ2) is 3.43. The standard InChI is InChI=1S/C15H13.Hg/c1-15(2)13-9-5-3-7-11(13)12-8-4-6-10-14(12)15;/h3-7,9-10H,1-2H3;. The van der Waals surface area contributed by atoms with Crippen LogP contribution in [0.2, 0.25) is 0 Å². The van der Waals surface area contributed by atoms with Gasteiger partial charge in [-0.1, -0.05) is 0 Å². The summed E-state index contributed by atoms with van der Waals surface area (Å²) in [6, 6.07) is 15.7. The summed E-state index contributed by atoms with van der Waals surface area (Å²) in [6.07, 6.45) is 0. The van der Waals surface area contributed by atoms with Crippen LogP contribution in [0.15, 0.2) is 42.5 Å². The minimum atomic E-state index is 0.182. The molecule has 0 aliphatic heterocycles. The molecule has 0 nitrogen and oxygen atoms in total. The average molecular weight is 394 g/mol. The molecule has 0 bridgehead atoms. The van der Waals surface area contributed by atoms with Crippen LogP contribution in [-0.4, -0.2) is 0 Å². The van der Waals surface area contributed by atoms with Crippen molar-refractivity contribution < 1.29 is 26.1 Å². The van der Waals surface area contributed by atoms with Gasteiger partial charge in [0, 0.05) is 0 Å². The van der Waals surface area contributed by atoms with Crippen molar-refractivity contribution in [3.8, 4) is 11.1 Å². The minimum absolute atomic E-state index is 0.182. The van der Waals surface area contributed by atoms with E-state index in [1.54, 1.807) is 3.07 Å². The van der Waals surface area contributed by atoms with E-state index in [4.69, 9.17) is 0 Å². The summed E-state index contributed by atoms with van der Waals surface area (Å²) >= 11 is 0.688. The van der Waals surface area contributed by atoms with Crippen LogP contribution >= 0.6 is 0 Å². The number of hydrogen-bond donors (Lipinski definition) is 0. The Balaban J connectivity index is 2.45. The molecule has 0 fully saturated rings. The van der Waals surface area contributed by atoms with Gasteiger partial charge in [-0.15, -0.1) is 0 Å². The van der Waals surface area contributed by atoms with Gasteiger partial charge in [0.2, 0.25) is 0 Å². The Morgan fingerprint density at radius 2 is 1.56 bits per heavy atom. The second-order valence-electron chi connectivity index (χ2n) is 5.01. The average Bonchev–Trinajstić information content (AvgIpc) is 2.51. The Morgan fingerprint density at radius 3 is 2.38 bits per heavy atom. The van der Waals surface area contributed by atoms with Crippen molar-refractivity contribution in [2.45, 2.75) is 19.3 Å². The Bertz CT molecular complexity index is 567. The SMILES string of the molecule is CC1(C)c2ccccc2-c2[c]([Hg])cccc21. The molecule has 0 amide bonds. The molecule has 0 aromatic heterocycles. The van der Waals surface area contributed by atoms with Crippen molar-refractivity contribution in [1.82, 2.24) is 0 Å².